The minimum absolute atomic E-state index is 0.0413. The highest BCUT2D eigenvalue weighted by Crippen LogP contribution is 2.36. The average Bonchev–Trinajstić information content (AvgIpc) is 3.20. The van der Waals surface area contributed by atoms with Gasteiger partial charge in [0.05, 0.1) is 16.8 Å². The maximum Gasteiger partial charge on any atom is 0.417 e. The van der Waals surface area contributed by atoms with E-state index in [9.17, 15) is 22.8 Å². The summed E-state index contributed by atoms with van der Waals surface area (Å²) in [6, 6.07) is 15.1. The van der Waals surface area contributed by atoms with Crippen molar-refractivity contribution >= 4 is 28.5 Å². The SMILES string of the molecule is O=C(NCc1ccc(-c2ccccc2C(F)(F)F)cc1)C(=O)Nc1c[nH]c2cccnc12. The smallest absolute Gasteiger partial charge is 0.358 e. The summed E-state index contributed by atoms with van der Waals surface area (Å²) in [5.74, 6) is -1.70. The number of amides is 2. The number of hydrogen-bond acceptors (Lipinski definition) is 3. The summed E-state index contributed by atoms with van der Waals surface area (Å²) in [6.45, 7) is 0.0413. The Morgan fingerprint density at radius 2 is 1.69 bits per heavy atom. The number of nitrogens with zero attached hydrogens (tertiary/aromatic N) is 1. The van der Waals surface area contributed by atoms with Gasteiger partial charge in [-0.25, -0.2) is 0 Å². The van der Waals surface area contributed by atoms with Gasteiger partial charge >= 0.3 is 18.0 Å². The molecule has 0 radical (unpaired) electrons. The van der Waals surface area contributed by atoms with Gasteiger partial charge in [-0.3, -0.25) is 14.6 Å². The Morgan fingerprint density at radius 3 is 2.44 bits per heavy atom. The van der Waals surface area contributed by atoms with Crippen LogP contribution in [0.2, 0.25) is 0 Å². The van der Waals surface area contributed by atoms with Crippen LogP contribution in [0.1, 0.15) is 11.1 Å². The molecule has 0 saturated heterocycles. The first-order chi connectivity index (χ1) is 15.3. The van der Waals surface area contributed by atoms with Gasteiger partial charge in [-0.2, -0.15) is 13.2 Å². The van der Waals surface area contributed by atoms with Gasteiger partial charge in [0.2, 0.25) is 0 Å². The third-order valence-electron chi connectivity index (χ3n) is 4.84. The number of carbonyl (C=O) groups excluding carboxylic acids is 2. The molecule has 0 aliphatic carbocycles. The molecule has 0 bridgehead atoms. The number of benzene rings is 2. The van der Waals surface area contributed by atoms with Gasteiger partial charge < -0.3 is 15.6 Å². The normalized spacial score (nSPS) is 11.3. The number of H-pyrrole nitrogens is 1. The van der Waals surface area contributed by atoms with Crippen molar-refractivity contribution in [2.24, 2.45) is 0 Å². The van der Waals surface area contributed by atoms with E-state index >= 15 is 0 Å². The Morgan fingerprint density at radius 1 is 0.938 bits per heavy atom. The van der Waals surface area contributed by atoms with E-state index in [2.05, 4.69) is 20.6 Å². The molecular weight excluding hydrogens is 421 g/mol. The van der Waals surface area contributed by atoms with Crippen molar-refractivity contribution in [1.82, 2.24) is 15.3 Å². The molecule has 0 spiro atoms. The lowest BCUT2D eigenvalue weighted by molar-refractivity contribution is -0.137. The zero-order chi connectivity index (χ0) is 22.7. The molecule has 0 aliphatic heterocycles. The Labute approximate surface area is 180 Å². The summed E-state index contributed by atoms with van der Waals surface area (Å²) in [7, 11) is 0. The molecule has 6 nitrogen and oxygen atoms in total. The van der Waals surface area contributed by atoms with Crippen LogP contribution in [0.3, 0.4) is 0 Å². The van der Waals surface area contributed by atoms with Gasteiger partial charge in [0.15, 0.2) is 0 Å². The van der Waals surface area contributed by atoms with E-state index in [1.807, 2.05) is 0 Å². The predicted octanol–water partition coefficient (Wildman–Crippen LogP) is 4.50. The second-order valence-corrected chi connectivity index (χ2v) is 6.98. The molecule has 32 heavy (non-hydrogen) atoms. The highest BCUT2D eigenvalue weighted by molar-refractivity contribution is 6.40. The van der Waals surface area contributed by atoms with Crippen LogP contribution in [-0.4, -0.2) is 21.8 Å². The molecule has 0 aliphatic rings. The van der Waals surface area contributed by atoms with E-state index in [1.54, 1.807) is 54.9 Å². The first kappa shape index (κ1) is 21.1. The highest BCUT2D eigenvalue weighted by Gasteiger charge is 2.33. The summed E-state index contributed by atoms with van der Waals surface area (Å²) >= 11 is 0. The van der Waals surface area contributed by atoms with Crippen molar-refractivity contribution in [1.29, 1.82) is 0 Å². The minimum atomic E-state index is -4.46. The Balaban J connectivity index is 1.39. The molecule has 2 aromatic heterocycles. The summed E-state index contributed by atoms with van der Waals surface area (Å²) in [4.78, 5) is 31.4. The third kappa shape index (κ3) is 4.46. The van der Waals surface area contributed by atoms with Crippen molar-refractivity contribution in [3.63, 3.8) is 0 Å². The van der Waals surface area contributed by atoms with Gasteiger partial charge in [-0.1, -0.05) is 42.5 Å². The molecule has 0 saturated carbocycles. The second kappa shape index (κ2) is 8.54. The number of anilines is 1. The fraction of sp³-hybridized carbons (Fsp3) is 0.0870. The zero-order valence-electron chi connectivity index (χ0n) is 16.5. The second-order valence-electron chi connectivity index (χ2n) is 6.98. The summed E-state index contributed by atoms with van der Waals surface area (Å²) in [5, 5.41) is 4.99. The molecular formula is C23H17F3N4O2. The van der Waals surface area contributed by atoms with E-state index in [-0.39, 0.29) is 12.1 Å². The lowest BCUT2D eigenvalue weighted by atomic mass is 9.98. The number of aromatic amines is 1. The van der Waals surface area contributed by atoms with E-state index in [0.717, 1.165) is 11.6 Å². The van der Waals surface area contributed by atoms with E-state index in [4.69, 9.17) is 0 Å². The zero-order valence-corrected chi connectivity index (χ0v) is 16.5. The minimum Gasteiger partial charge on any atom is -0.358 e. The van der Waals surface area contributed by atoms with E-state index < -0.39 is 23.6 Å². The van der Waals surface area contributed by atoms with Gasteiger partial charge in [0, 0.05) is 18.9 Å². The van der Waals surface area contributed by atoms with Crippen molar-refractivity contribution in [2.75, 3.05) is 5.32 Å². The first-order valence-electron chi connectivity index (χ1n) is 9.60. The maximum absolute atomic E-state index is 13.2. The van der Waals surface area contributed by atoms with Crippen LogP contribution >= 0.6 is 0 Å². The summed E-state index contributed by atoms with van der Waals surface area (Å²) in [6.07, 6.45) is -1.35. The lowest BCUT2D eigenvalue weighted by Gasteiger charge is -2.13. The van der Waals surface area contributed by atoms with Crippen molar-refractivity contribution in [3.05, 3.63) is 84.2 Å². The molecule has 0 atom stereocenters. The number of rotatable bonds is 4. The fourth-order valence-electron chi connectivity index (χ4n) is 3.28. The van der Waals surface area contributed by atoms with Gasteiger partial charge in [-0.15, -0.1) is 0 Å². The molecule has 3 N–H and O–H groups in total. The number of alkyl halides is 3. The molecule has 162 valence electrons. The monoisotopic (exact) mass is 438 g/mol. The molecule has 0 unspecified atom stereocenters. The molecule has 2 aromatic carbocycles. The van der Waals surface area contributed by atoms with Crippen LogP contribution < -0.4 is 10.6 Å². The van der Waals surface area contributed by atoms with Crippen LogP contribution in [0, 0.1) is 0 Å². The molecule has 9 heteroatoms. The Kier molecular flexibility index (Phi) is 5.63. The summed E-state index contributed by atoms with van der Waals surface area (Å²) < 4.78 is 39.7. The number of halogens is 3. The van der Waals surface area contributed by atoms with Crippen LogP contribution in [0.4, 0.5) is 18.9 Å². The van der Waals surface area contributed by atoms with E-state index in [0.29, 0.717) is 22.3 Å². The van der Waals surface area contributed by atoms with Crippen molar-refractivity contribution < 1.29 is 22.8 Å². The molecule has 0 fully saturated rings. The number of carbonyl (C=O) groups is 2. The van der Waals surface area contributed by atoms with Crippen LogP contribution in [-0.2, 0) is 22.3 Å². The van der Waals surface area contributed by atoms with Crippen molar-refractivity contribution in [2.45, 2.75) is 12.7 Å². The quantitative estimate of drug-likeness (QED) is 0.410. The third-order valence-corrected chi connectivity index (χ3v) is 4.84. The molecule has 4 rings (SSSR count). The lowest BCUT2D eigenvalue weighted by Crippen LogP contribution is -2.34. The molecule has 2 heterocycles. The predicted molar refractivity (Wildman–Crippen MR) is 113 cm³/mol. The Hall–Kier alpha value is -4.14. The number of nitrogens with one attached hydrogen (secondary N) is 3. The van der Waals surface area contributed by atoms with Crippen LogP contribution in [0.15, 0.2) is 73.1 Å². The maximum atomic E-state index is 13.2. The summed E-state index contributed by atoms with van der Waals surface area (Å²) in [5.41, 5.74) is 2.02. The number of hydrogen-bond donors (Lipinski definition) is 3. The highest BCUT2D eigenvalue weighted by atomic mass is 19.4. The van der Waals surface area contributed by atoms with Gasteiger partial charge in [0.1, 0.15) is 5.52 Å². The van der Waals surface area contributed by atoms with Crippen LogP contribution in [0.5, 0.6) is 0 Å². The number of fused-ring (bicyclic) bond motifs is 1. The topological polar surface area (TPSA) is 86.9 Å². The van der Waals surface area contributed by atoms with Gasteiger partial charge in [-0.05, 0) is 34.9 Å². The van der Waals surface area contributed by atoms with Crippen molar-refractivity contribution in [3.8, 4) is 11.1 Å². The standard InChI is InChI=1S/C23H17F3N4O2/c24-23(25,26)17-5-2-1-4-16(17)15-9-7-14(8-10-15)12-29-21(31)22(32)30-19-13-28-18-6-3-11-27-20(18)19/h1-11,13,28H,12H2,(H,29,31)(H,30,32). The van der Waals surface area contributed by atoms with Gasteiger partial charge in [0.25, 0.3) is 0 Å². The van der Waals surface area contributed by atoms with E-state index in [1.165, 1.54) is 12.1 Å². The Bertz CT molecular complexity index is 1280. The molecule has 2 amide bonds. The molecule has 4 aromatic rings. The number of pyridine rings is 1. The largest absolute Gasteiger partial charge is 0.417 e. The fourth-order valence-corrected chi connectivity index (χ4v) is 3.28. The van der Waals surface area contributed by atoms with Crippen LogP contribution in [0.25, 0.3) is 22.2 Å². The average molecular weight is 438 g/mol. The first-order valence-corrected chi connectivity index (χ1v) is 9.60. The number of aromatic nitrogens is 2.